The molecule has 1 N–H and O–H groups in total. The summed E-state index contributed by atoms with van der Waals surface area (Å²) in [5.41, 5.74) is 2.44. The molecule has 0 fully saturated rings. The van der Waals surface area contributed by atoms with E-state index in [1.54, 1.807) is 11.3 Å². The summed E-state index contributed by atoms with van der Waals surface area (Å²) in [6, 6.07) is 9.19. The molecule has 2 aromatic rings. The van der Waals surface area contributed by atoms with Gasteiger partial charge >= 0.3 is 0 Å². The summed E-state index contributed by atoms with van der Waals surface area (Å²) in [7, 11) is 2.03. The molecule has 0 aliphatic heterocycles. The summed E-state index contributed by atoms with van der Waals surface area (Å²) < 4.78 is 0. The molecule has 0 aliphatic carbocycles. The minimum atomic E-state index is 0.469. The Morgan fingerprint density at radius 2 is 2.00 bits per heavy atom. The van der Waals surface area contributed by atoms with Crippen molar-refractivity contribution in [3.63, 3.8) is 0 Å². The van der Waals surface area contributed by atoms with Crippen LogP contribution in [0.5, 0.6) is 0 Å². The number of benzene rings is 1. The molecule has 1 atom stereocenters. The Morgan fingerprint density at radius 3 is 2.58 bits per heavy atom. The lowest BCUT2D eigenvalue weighted by atomic mass is 10.2. The summed E-state index contributed by atoms with van der Waals surface area (Å²) in [6.07, 6.45) is 1.01. The monoisotopic (exact) mass is 292 g/mol. The Labute approximate surface area is 123 Å². The first-order chi connectivity index (χ1) is 9.17. The first-order valence-corrected chi connectivity index (χ1v) is 8.31. The van der Waals surface area contributed by atoms with Crippen LogP contribution in [0.1, 0.15) is 16.3 Å². The molecule has 4 heteroatoms. The summed E-state index contributed by atoms with van der Waals surface area (Å²) in [5, 5.41) is 6.73. The third-order valence-electron chi connectivity index (χ3n) is 2.97. The maximum Gasteiger partial charge on any atom is 0.0943 e. The van der Waals surface area contributed by atoms with Crippen molar-refractivity contribution in [2.45, 2.75) is 31.2 Å². The van der Waals surface area contributed by atoms with E-state index in [0.29, 0.717) is 6.04 Å². The first-order valence-electron chi connectivity index (χ1n) is 6.45. The van der Waals surface area contributed by atoms with Crippen LogP contribution in [0, 0.1) is 13.8 Å². The van der Waals surface area contributed by atoms with Gasteiger partial charge in [-0.15, -0.1) is 23.1 Å². The van der Waals surface area contributed by atoms with Crippen molar-refractivity contribution in [2.75, 3.05) is 12.8 Å². The van der Waals surface area contributed by atoms with Crippen LogP contribution in [0.4, 0.5) is 0 Å². The largest absolute Gasteiger partial charge is 0.316 e. The van der Waals surface area contributed by atoms with E-state index in [-0.39, 0.29) is 0 Å². The van der Waals surface area contributed by atoms with E-state index in [2.05, 4.69) is 53.8 Å². The predicted molar refractivity (Wildman–Crippen MR) is 85.3 cm³/mol. The lowest BCUT2D eigenvalue weighted by Crippen LogP contribution is -2.30. The Balaban J connectivity index is 1.87. The molecule has 0 radical (unpaired) electrons. The van der Waals surface area contributed by atoms with Crippen molar-refractivity contribution in [2.24, 2.45) is 0 Å². The van der Waals surface area contributed by atoms with Crippen LogP contribution in [0.2, 0.25) is 0 Å². The maximum absolute atomic E-state index is 4.53. The second-order valence-electron chi connectivity index (χ2n) is 4.70. The van der Waals surface area contributed by atoms with Crippen LogP contribution in [0.3, 0.4) is 0 Å². The number of aryl methyl sites for hydroxylation is 2. The van der Waals surface area contributed by atoms with Crippen LogP contribution in [0.25, 0.3) is 0 Å². The smallest absolute Gasteiger partial charge is 0.0943 e. The van der Waals surface area contributed by atoms with Crippen molar-refractivity contribution in [1.29, 1.82) is 0 Å². The van der Waals surface area contributed by atoms with Gasteiger partial charge in [-0.25, -0.2) is 4.98 Å². The molecule has 1 aromatic heterocycles. The Bertz CT molecular complexity index is 505. The van der Waals surface area contributed by atoms with Gasteiger partial charge in [0.2, 0.25) is 0 Å². The predicted octanol–water partition coefficient (Wildman–Crippen LogP) is 3.68. The van der Waals surface area contributed by atoms with Gasteiger partial charge in [0, 0.05) is 34.2 Å². The minimum absolute atomic E-state index is 0.469. The summed E-state index contributed by atoms with van der Waals surface area (Å²) >= 11 is 3.66. The molecule has 0 saturated heterocycles. The number of thiazole rings is 1. The fourth-order valence-corrected chi connectivity index (χ4v) is 3.64. The Morgan fingerprint density at radius 1 is 1.26 bits per heavy atom. The minimum Gasteiger partial charge on any atom is -0.316 e. The van der Waals surface area contributed by atoms with E-state index in [4.69, 9.17) is 0 Å². The Hall–Kier alpha value is -0.840. The van der Waals surface area contributed by atoms with Gasteiger partial charge in [0.25, 0.3) is 0 Å². The van der Waals surface area contributed by atoms with Crippen molar-refractivity contribution in [1.82, 2.24) is 10.3 Å². The highest BCUT2D eigenvalue weighted by Crippen LogP contribution is 2.21. The second kappa shape index (κ2) is 7.08. The van der Waals surface area contributed by atoms with Crippen molar-refractivity contribution in [3.8, 4) is 0 Å². The highest BCUT2D eigenvalue weighted by Gasteiger charge is 2.10. The van der Waals surface area contributed by atoms with Crippen LogP contribution in [-0.2, 0) is 6.42 Å². The van der Waals surface area contributed by atoms with Gasteiger partial charge in [0.15, 0.2) is 0 Å². The third-order valence-corrected chi connectivity index (χ3v) is 5.13. The normalized spacial score (nSPS) is 12.6. The number of nitrogens with one attached hydrogen (secondary N) is 1. The highest BCUT2D eigenvalue weighted by molar-refractivity contribution is 7.99. The molecule has 0 spiro atoms. The zero-order valence-corrected chi connectivity index (χ0v) is 13.3. The number of aromatic nitrogens is 1. The molecule has 0 amide bonds. The molecule has 19 heavy (non-hydrogen) atoms. The number of hydrogen-bond donors (Lipinski definition) is 1. The third kappa shape index (κ3) is 4.64. The van der Waals surface area contributed by atoms with Gasteiger partial charge in [0.1, 0.15) is 0 Å². The molecular formula is C15H20N2S2. The van der Waals surface area contributed by atoms with E-state index in [1.165, 1.54) is 15.5 Å². The number of hydrogen-bond acceptors (Lipinski definition) is 4. The van der Waals surface area contributed by atoms with E-state index in [0.717, 1.165) is 17.9 Å². The Kier molecular flexibility index (Phi) is 5.43. The van der Waals surface area contributed by atoms with Crippen molar-refractivity contribution >= 4 is 23.1 Å². The van der Waals surface area contributed by atoms with E-state index in [1.807, 2.05) is 18.8 Å². The molecule has 1 unspecified atom stereocenters. The SMILES string of the molecule is CNC(CSc1ccc(C)cc1)Cc1nc(C)cs1. The second-order valence-corrected chi connectivity index (χ2v) is 6.73. The van der Waals surface area contributed by atoms with Crippen LogP contribution in [-0.4, -0.2) is 23.8 Å². The number of thioether (sulfide) groups is 1. The molecule has 2 rings (SSSR count). The van der Waals surface area contributed by atoms with Crippen molar-refractivity contribution < 1.29 is 0 Å². The standard InChI is InChI=1S/C15H20N2S2/c1-11-4-6-14(7-5-11)18-10-13(16-3)8-15-17-12(2)9-19-15/h4-7,9,13,16H,8,10H2,1-3H3. The molecule has 2 nitrogen and oxygen atoms in total. The van der Waals surface area contributed by atoms with Crippen LogP contribution >= 0.6 is 23.1 Å². The molecule has 1 aromatic carbocycles. The number of nitrogens with zero attached hydrogens (tertiary/aromatic N) is 1. The highest BCUT2D eigenvalue weighted by atomic mass is 32.2. The fourth-order valence-electron chi connectivity index (χ4n) is 1.78. The van der Waals surface area contributed by atoms with Gasteiger partial charge in [0.05, 0.1) is 5.01 Å². The topological polar surface area (TPSA) is 24.9 Å². The summed E-state index contributed by atoms with van der Waals surface area (Å²) in [4.78, 5) is 5.87. The molecule has 0 aliphatic rings. The van der Waals surface area contributed by atoms with Gasteiger partial charge in [-0.2, -0.15) is 0 Å². The zero-order valence-electron chi connectivity index (χ0n) is 11.6. The maximum atomic E-state index is 4.53. The first kappa shape index (κ1) is 14.6. The zero-order chi connectivity index (χ0) is 13.7. The van der Waals surface area contributed by atoms with Gasteiger partial charge in [-0.3, -0.25) is 0 Å². The summed E-state index contributed by atoms with van der Waals surface area (Å²) in [6.45, 7) is 4.17. The molecule has 1 heterocycles. The van der Waals surface area contributed by atoms with E-state index in [9.17, 15) is 0 Å². The average molecular weight is 292 g/mol. The average Bonchev–Trinajstić information content (AvgIpc) is 2.82. The van der Waals surface area contributed by atoms with E-state index >= 15 is 0 Å². The number of rotatable bonds is 6. The summed E-state index contributed by atoms with van der Waals surface area (Å²) in [5.74, 6) is 1.07. The lowest BCUT2D eigenvalue weighted by molar-refractivity contribution is 0.615. The fraction of sp³-hybridized carbons (Fsp3) is 0.400. The molecule has 0 saturated carbocycles. The van der Waals surface area contributed by atoms with Crippen LogP contribution in [0.15, 0.2) is 34.5 Å². The number of likely N-dealkylation sites (N-methyl/N-ethyl adjacent to an activating group) is 1. The van der Waals surface area contributed by atoms with Gasteiger partial charge in [-0.05, 0) is 33.0 Å². The lowest BCUT2D eigenvalue weighted by Gasteiger charge is -2.14. The molecule has 0 bridgehead atoms. The van der Waals surface area contributed by atoms with Gasteiger partial charge < -0.3 is 5.32 Å². The molecular weight excluding hydrogens is 272 g/mol. The van der Waals surface area contributed by atoms with Crippen molar-refractivity contribution in [3.05, 3.63) is 45.9 Å². The molecule has 102 valence electrons. The van der Waals surface area contributed by atoms with E-state index < -0.39 is 0 Å². The quantitative estimate of drug-likeness (QED) is 0.822. The van der Waals surface area contributed by atoms with Crippen LogP contribution < -0.4 is 5.32 Å². The van der Waals surface area contributed by atoms with Gasteiger partial charge in [-0.1, -0.05) is 17.7 Å².